The minimum Gasteiger partial charge on any atom is -0.457 e. The largest absolute Gasteiger partial charge is 0.457 e. The van der Waals surface area contributed by atoms with Crippen LogP contribution in [0.3, 0.4) is 0 Å². The summed E-state index contributed by atoms with van der Waals surface area (Å²) in [6, 6.07) is 8.13. The average molecular weight is 230 g/mol. The second kappa shape index (κ2) is 6.29. The second-order valence-electron chi connectivity index (χ2n) is 4.63. The molecule has 0 radical (unpaired) electrons. The van der Waals surface area contributed by atoms with E-state index in [9.17, 15) is 0 Å². The number of hydrogen-bond donors (Lipinski definition) is 0. The molecular weight excluding hydrogens is 208 g/mol. The molecule has 0 fully saturated rings. The molecule has 1 heteroatoms. The van der Waals surface area contributed by atoms with Crippen LogP contribution in [0.1, 0.15) is 39.7 Å². The van der Waals surface area contributed by atoms with Crippen molar-refractivity contribution >= 4 is 0 Å². The molecule has 1 aromatic carbocycles. The van der Waals surface area contributed by atoms with Crippen LogP contribution in [0.2, 0.25) is 0 Å². The highest BCUT2D eigenvalue weighted by molar-refractivity contribution is 5.32. The van der Waals surface area contributed by atoms with Gasteiger partial charge in [-0.2, -0.15) is 0 Å². The van der Waals surface area contributed by atoms with Crippen molar-refractivity contribution in [1.29, 1.82) is 0 Å². The number of benzene rings is 1. The third-order valence-electron chi connectivity index (χ3n) is 2.65. The standard InChI is InChI=1S/C16H22O/c1-6-13(4)11-16(12(2)3)17-15-9-7-8-14(5)10-15/h7-11H,6H2,1-5H3/b13-11-. The van der Waals surface area contributed by atoms with Crippen molar-refractivity contribution < 1.29 is 4.74 Å². The summed E-state index contributed by atoms with van der Waals surface area (Å²) in [5, 5.41) is 0. The Labute approximate surface area is 105 Å². The van der Waals surface area contributed by atoms with E-state index in [1.165, 1.54) is 16.7 Å². The molecule has 1 rings (SSSR count). The van der Waals surface area contributed by atoms with Gasteiger partial charge >= 0.3 is 0 Å². The normalized spacial score (nSPS) is 11.2. The molecule has 0 spiro atoms. The Hall–Kier alpha value is -1.50. The van der Waals surface area contributed by atoms with E-state index >= 15 is 0 Å². The summed E-state index contributed by atoms with van der Waals surface area (Å²) < 4.78 is 5.93. The summed E-state index contributed by atoms with van der Waals surface area (Å²) in [7, 11) is 0. The first-order chi connectivity index (χ1) is 8.02. The van der Waals surface area contributed by atoms with Crippen molar-refractivity contribution in [1.82, 2.24) is 0 Å². The average Bonchev–Trinajstić information content (AvgIpc) is 2.27. The summed E-state index contributed by atoms with van der Waals surface area (Å²) in [5.74, 6) is 1.86. The second-order valence-corrected chi connectivity index (χ2v) is 4.63. The summed E-state index contributed by atoms with van der Waals surface area (Å²) >= 11 is 0. The molecule has 0 amide bonds. The Balaban J connectivity index is 2.94. The van der Waals surface area contributed by atoms with Crippen molar-refractivity contribution in [2.45, 2.75) is 41.0 Å². The lowest BCUT2D eigenvalue weighted by molar-refractivity contribution is 0.437. The summed E-state index contributed by atoms with van der Waals surface area (Å²) in [4.78, 5) is 0. The van der Waals surface area contributed by atoms with Gasteiger partial charge in [0.15, 0.2) is 0 Å². The number of rotatable bonds is 4. The first-order valence-corrected chi connectivity index (χ1v) is 6.12. The zero-order valence-corrected chi connectivity index (χ0v) is 11.5. The predicted molar refractivity (Wildman–Crippen MR) is 74.2 cm³/mol. The molecule has 1 nitrogen and oxygen atoms in total. The smallest absolute Gasteiger partial charge is 0.127 e. The van der Waals surface area contributed by atoms with Crippen molar-refractivity contribution in [3.63, 3.8) is 0 Å². The Bertz CT molecular complexity index is 435. The van der Waals surface area contributed by atoms with Crippen molar-refractivity contribution in [2.24, 2.45) is 0 Å². The lowest BCUT2D eigenvalue weighted by Gasteiger charge is -2.10. The molecule has 1 aromatic rings. The molecule has 92 valence electrons. The number of allylic oxidation sites excluding steroid dienone is 3. The van der Waals surface area contributed by atoms with Crippen molar-refractivity contribution in [3.8, 4) is 5.75 Å². The third-order valence-corrected chi connectivity index (χ3v) is 2.65. The Morgan fingerprint density at radius 1 is 1.24 bits per heavy atom. The lowest BCUT2D eigenvalue weighted by atomic mass is 10.1. The van der Waals surface area contributed by atoms with Crippen LogP contribution in [0.5, 0.6) is 5.75 Å². The van der Waals surface area contributed by atoms with Gasteiger partial charge in [0.2, 0.25) is 0 Å². The zero-order chi connectivity index (χ0) is 12.8. The molecule has 0 heterocycles. The van der Waals surface area contributed by atoms with E-state index in [0.717, 1.165) is 17.9 Å². The molecule has 17 heavy (non-hydrogen) atoms. The van der Waals surface area contributed by atoms with Crippen LogP contribution in [-0.4, -0.2) is 0 Å². The van der Waals surface area contributed by atoms with Gasteiger partial charge in [0.05, 0.1) is 0 Å². The maximum Gasteiger partial charge on any atom is 0.127 e. The Morgan fingerprint density at radius 3 is 2.47 bits per heavy atom. The van der Waals surface area contributed by atoms with E-state index in [2.05, 4.69) is 52.8 Å². The first kappa shape index (κ1) is 13.6. The van der Waals surface area contributed by atoms with Gasteiger partial charge in [-0.05, 0) is 63.5 Å². The molecule has 0 aliphatic carbocycles. The highest BCUT2D eigenvalue weighted by Crippen LogP contribution is 2.19. The quantitative estimate of drug-likeness (QED) is 0.521. The van der Waals surface area contributed by atoms with Gasteiger partial charge in [-0.15, -0.1) is 0 Å². The zero-order valence-electron chi connectivity index (χ0n) is 11.5. The summed E-state index contributed by atoms with van der Waals surface area (Å²) in [5.41, 5.74) is 3.74. The fourth-order valence-corrected chi connectivity index (χ4v) is 1.41. The molecule has 0 aliphatic rings. The van der Waals surface area contributed by atoms with E-state index in [1.54, 1.807) is 0 Å². The summed E-state index contributed by atoms with van der Waals surface area (Å²) in [6.07, 6.45) is 3.17. The first-order valence-electron chi connectivity index (χ1n) is 6.12. The van der Waals surface area contributed by atoms with Crippen molar-refractivity contribution in [2.75, 3.05) is 0 Å². The Kier molecular flexibility index (Phi) is 5.02. The van der Waals surface area contributed by atoms with Crippen LogP contribution in [-0.2, 0) is 0 Å². The van der Waals surface area contributed by atoms with Crippen LogP contribution < -0.4 is 4.74 Å². The SMILES string of the molecule is CC/C(C)=C\C(Oc1cccc(C)c1)=C(C)C. The lowest BCUT2D eigenvalue weighted by Crippen LogP contribution is -1.96. The van der Waals surface area contributed by atoms with Gasteiger partial charge in [0, 0.05) is 0 Å². The van der Waals surface area contributed by atoms with Gasteiger partial charge in [-0.1, -0.05) is 24.6 Å². The third kappa shape index (κ3) is 4.48. The van der Waals surface area contributed by atoms with Crippen molar-refractivity contribution in [3.05, 3.63) is 52.8 Å². The fourth-order valence-electron chi connectivity index (χ4n) is 1.41. The van der Waals surface area contributed by atoms with Crippen LogP contribution in [0.25, 0.3) is 0 Å². The van der Waals surface area contributed by atoms with E-state index in [4.69, 9.17) is 4.74 Å². The van der Waals surface area contributed by atoms with Gasteiger partial charge in [-0.3, -0.25) is 0 Å². The predicted octanol–water partition coefficient (Wildman–Crippen LogP) is 5.02. The number of ether oxygens (including phenoxy) is 1. The molecule has 0 unspecified atom stereocenters. The minimum absolute atomic E-state index is 0.904. The highest BCUT2D eigenvalue weighted by Gasteiger charge is 2.01. The molecule has 0 bridgehead atoms. The molecular formula is C16H22O. The molecule has 0 aliphatic heterocycles. The molecule has 0 saturated carbocycles. The maximum atomic E-state index is 5.93. The van der Waals surface area contributed by atoms with E-state index in [-0.39, 0.29) is 0 Å². The van der Waals surface area contributed by atoms with Gasteiger partial charge in [0.25, 0.3) is 0 Å². The Morgan fingerprint density at radius 2 is 1.94 bits per heavy atom. The topological polar surface area (TPSA) is 9.23 Å². The van der Waals surface area contributed by atoms with Gasteiger partial charge < -0.3 is 4.74 Å². The number of hydrogen-bond acceptors (Lipinski definition) is 1. The van der Waals surface area contributed by atoms with Crippen LogP contribution in [0.4, 0.5) is 0 Å². The highest BCUT2D eigenvalue weighted by atomic mass is 16.5. The van der Waals surface area contributed by atoms with Gasteiger partial charge in [-0.25, -0.2) is 0 Å². The molecule has 0 aromatic heterocycles. The van der Waals surface area contributed by atoms with Gasteiger partial charge in [0.1, 0.15) is 11.5 Å². The molecule has 0 atom stereocenters. The summed E-state index contributed by atoms with van der Waals surface area (Å²) in [6.45, 7) is 10.5. The molecule has 0 N–H and O–H groups in total. The monoisotopic (exact) mass is 230 g/mol. The van der Waals surface area contributed by atoms with E-state index in [0.29, 0.717) is 0 Å². The molecule has 0 saturated heterocycles. The van der Waals surface area contributed by atoms with E-state index in [1.807, 2.05) is 12.1 Å². The van der Waals surface area contributed by atoms with Crippen LogP contribution in [0.15, 0.2) is 47.2 Å². The van der Waals surface area contributed by atoms with E-state index < -0.39 is 0 Å². The maximum absolute atomic E-state index is 5.93. The number of aryl methyl sites for hydroxylation is 1. The van der Waals surface area contributed by atoms with Crippen LogP contribution in [0, 0.1) is 6.92 Å². The minimum atomic E-state index is 0.904. The fraction of sp³-hybridized carbons (Fsp3) is 0.375. The van der Waals surface area contributed by atoms with Crippen LogP contribution >= 0.6 is 0 Å².